The van der Waals surface area contributed by atoms with Gasteiger partial charge >= 0.3 is 5.97 Å². The maximum Gasteiger partial charge on any atom is 0.335 e. The largest absolute Gasteiger partial charge is 0.478 e. The Balaban J connectivity index is 2.11. The zero-order valence-corrected chi connectivity index (χ0v) is 13.1. The Morgan fingerprint density at radius 1 is 1.14 bits per heavy atom. The molecule has 1 aromatic rings. The fourth-order valence-corrected chi connectivity index (χ4v) is 4.84. The van der Waals surface area contributed by atoms with Crippen molar-refractivity contribution in [3.63, 3.8) is 0 Å². The number of aryl methyl sites for hydroxylation is 1. The van der Waals surface area contributed by atoms with Crippen molar-refractivity contribution < 1.29 is 23.1 Å². The number of sulfonamides is 1. The number of carbonyl (C=O) groups is 1. The summed E-state index contributed by atoms with van der Waals surface area (Å²) in [4.78, 5) is 11.5. The first-order chi connectivity index (χ1) is 10.5. The SMILES string of the molecule is O=C(O)c1cc2c(c(S(=O)(=O)N3CCOCC3)c1)CCCC2. The predicted molar refractivity (Wildman–Crippen MR) is 79.6 cm³/mol. The second-order valence-corrected chi connectivity index (χ2v) is 7.55. The van der Waals surface area contributed by atoms with Crippen LogP contribution in [0.2, 0.25) is 0 Å². The van der Waals surface area contributed by atoms with Gasteiger partial charge in [-0.2, -0.15) is 4.31 Å². The molecule has 1 saturated heterocycles. The minimum Gasteiger partial charge on any atom is -0.478 e. The minimum atomic E-state index is -3.67. The molecule has 120 valence electrons. The third-order valence-electron chi connectivity index (χ3n) is 4.26. The van der Waals surface area contributed by atoms with E-state index in [-0.39, 0.29) is 10.5 Å². The van der Waals surface area contributed by atoms with Crippen molar-refractivity contribution in [1.29, 1.82) is 0 Å². The second kappa shape index (κ2) is 5.98. The maximum absolute atomic E-state index is 12.9. The summed E-state index contributed by atoms with van der Waals surface area (Å²) in [6.07, 6.45) is 3.33. The standard InChI is InChI=1S/C15H19NO5S/c17-15(18)12-9-11-3-1-2-4-13(11)14(10-12)22(19,20)16-5-7-21-8-6-16/h9-10H,1-8H2,(H,17,18). The number of carboxylic acid groups (broad SMARTS) is 1. The van der Waals surface area contributed by atoms with Gasteiger partial charge in [0.25, 0.3) is 0 Å². The van der Waals surface area contributed by atoms with Gasteiger partial charge in [-0.1, -0.05) is 0 Å². The van der Waals surface area contributed by atoms with Crippen LogP contribution >= 0.6 is 0 Å². The van der Waals surface area contributed by atoms with Gasteiger partial charge in [0, 0.05) is 13.1 Å². The molecule has 6 nitrogen and oxygen atoms in total. The quantitative estimate of drug-likeness (QED) is 0.905. The summed E-state index contributed by atoms with van der Waals surface area (Å²) in [6.45, 7) is 1.38. The number of benzene rings is 1. The lowest BCUT2D eigenvalue weighted by molar-refractivity contribution is 0.0695. The molecule has 1 N–H and O–H groups in total. The molecule has 1 fully saturated rings. The Kier molecular flexibility index (Phi) is 4.20. The van der Waals surface area contributed by atoms with E-state index in [1.165, 1.54) is 10.4 Å². The Bertz CT molecular complexity index is 692. The molecule has 0 saturated carbocycles. The number of aromatic carboxylic acids is 1. The lowest BCUT2D eigenvalue weighted by Gasteiger charge is -2.28. The molecule has 0 spiro atoms. The lowest BCUT2D eigenvalue weighted by atomic mass is 9.90. The molecule has 2 aliphatic rings. The maximum atomic E-state index is 12.9. The summed E-state index contributed by atoms with van der Waals surface area (Å²) in [5, 5.41) is 9.26. The van der Waals surface area contributed by atoms with Gasteiger partial charge in [-0.3, -0.25) is 0 Å². The Morgan fingerprint density at radius 3 is 2.50 bits per heavy atom. The van der Waals surface area contributed by atoms with E-state index in [0.717, 1.165) is 30.4 Å². The number of hydrogen-bond donors (Lipinski definition) is 1. The number of morpholine rings is 1. The molecular weight excluding hydrogens is 306 g/mol. The number of rotatable bonds is 3. The molecule has 22 heavy (non-hydrogen) atoms. The molecule has 3 rings (SSSR count). The number of nitrogens with zero attached hydrogens (tertiary/aromatic N) is 1. The number of ether oxygens (including phenoxy) is 1. The molecule has 0 amide bonds. The van der Waals surface area contributed by atoms with Crippen LogP contribution in [0, 0.1) is 0 Å². The van der Waals surface area contributed by atoms with Crippen LogP contribution in [0.4, 0.5) is 0 Å². The molecule has 0 atom stereocenters. The van der Waals surface area contributed by atoms with Gasteiger partial charge in [-0.05, 0) is 48.9 Å². The molecule has 1 heterocycles. The molecule has 1 aromatic carbocycles. The summed E-state index contributed by atoms with van der Waals surface area (Å²) in [5.74, 6) is -1.09. The fraction of sp³-hybridized carbons (Fsp3) is 0.533. The van der Waals surface area contributed by atoms with Crippen molar-refractivity contribution in [2.45, 2.75) is 30.6 Å². The third-order valence-corrected chi connectivity index (χ3v) is 6.22. The first-order valence-electron chi connectivity index (χ1n) is 7.47. The van der Waals surface area contributed by atoms with E-state index in [4.69, 9.17) is 4.74 Å². The van der Waals surface area contributed by atoms with Crippen molar-refractivity contribution >= 4 is 16.0 Å². The van der Waals surface area contributed by atoms with Crippen LogP contribution in [0.15, 0.2) is 17.0 Å². The van der Waals surface area contributed by atoms with Crippen molar-refractivity contribution in [3.05, 3.63) is 28.8 Å². The van der Waals surface area contributed by atoms with Crippen LogP contribution < -0.4 is 0 Å². The lowest BCUT2D eigenvalue weighted by Crippen LogP contribution is -2.41. The Hall–Kier alpha value is -1.44. The highest BCUT2D eigenvalue weighted by Crippen LogP contribution is 2.31. The van der Waals surface area contributed by atoms with E-state index in [2.05, 4.69) is 0 Å². The van der Waals surface area contributed by atoms with Gasteiger partial charge in [-0.25, -0.2) is 13.2 Å². The van der Waals surface area contributed by atoms with Crippen LogP contribution in [-0.2, 0) is 27.6 Å². The highest BCUT2D eigenvalue weighted by Gasteiger charge is 2.31. The van der Waals surface area contributed by atoms with Crippen LogP contribution in [0.1, 0.15) is 34.3 Å². The van der Waals surface area contributed by atoms with Crippen molar-refractivity contribution in [3.8, 4) is 0 Å². The first-order valence-corrected chi connectivity index (χ1v) is 8.91. The van der Waals surface area contributed by atoms with Gasteiger partial charge < -0.3 is 9.84 Å². The van der Waals surface area contributed by atoms with Gasteiger partial charge in [-0.15, -0.1) is 0 Å². The molecule has 1 aliphatic heterocycles. The minimum absolute atomic E-state index is 0.0486. The summed E-state index contributed by atoms with van der Waals surface area (Å²) in [5.41, 5.74) is 1.70. The zero-order valence-electron chi connectivity index (χ0n) is 12.2. The van der Waals surface area contributed by atoms with E-state index in [9.17, 15) is 18.3 Å². The molecule has 1 aliphatic carbocycles. The highest BCUT2D eigenvalue weighted by molar-refractivity contribution is 7.89. The average Bonchev–Trinajstić information content (AvgIpc) is 2.54. The number of carboxylic acids is 1. The van der Waals surface area contributed by atoms with Crippen LogP contribution in [0.3, 0.4) is 0 Å². The molecule has 0 unspecified atom stereocenters. The summed E-state index contributed by atoms with van der Waals surface area (Å²) in [7, 11) is -3.67. The van der Waals surface area contributed by atoms with E-state index in [0.29, 0.717) is 32.7 Å². The van der Waals surface area contributed by atoms with E-state index >= 15 is 0 Å². The normalized spacial score (nSPS) is 19.6. The molecule has 0 bridgehead atoms. The topological polar surface area (TPSA) is 83.9 Å². The van der Waals surface area contributed by atoms with Crippen molar-refractivity contribution in [2.75, 3.05) is 26.3 Å². The fourth-order valence-electron chi connectivity index (χ4n) is 3.11. The highest BCUT2D eigenvalue weighted by atomic mass is 32.2. The summed E-state index contributed by atoms with van der Waals surface area (Å²) >= 11 is 0. The summed E-state index contributed by atoms with van der Waals surface area (Å²) < 4.78 is 32.4. The van der Waals surface area contributed by atoms with E-state index < -0.39 is 16.0 Å². The predicted octanol–water partition coefficient (Wildman–Crippen LogP) is 1.28. The molecule has 0 radical (unpaired) electrons. The van der Waals surface area contributed by atoms with Crippen molar-refractivity contribution in [1.82, 2.24) is 4.31 Å². The first kappa shape index (κ1) is 15.5. The van der Waals surface area contributed by atoms with Gasteiger partial charge in [0.15, 0.2) is 0 Å². The molecule has 7 heteroatoms. The van der Waals surface area contributed by atoms with E-state index in [1.807, 2.05) is 0 Å². The smallest absolute Gasteiger partial charge is 0.335 e. The second-order valence-electron chi connectivity index (χ2n) is 5.64. The Morgan fingerprint density at radius 2 is 1.82 bits per heavy atom. The van der Waals surface area contributed by atoms with Crippen LogP contribution in [0.25, 0.3) is 0 Å². The monoisotopic (exact) mass is 325 g/mol. The summed E-state index contributed by atoms with van der Waals surface area (Å²) in [6, 6.07) is 2.94. The number of hydrogen-bond acceptors (Lipinski definition) is 4. The van der Waals surface area contributed by atoms with Gasteiger partial charge in [0.2, 0.25) is 10.0 Å². The molecular formula is C15H19NO5S. The molecule has 0 aromatic heterocycles. The van der Waals surface area contributed by atoms with Gasteiger partial charge in [0.05, 0.1) is 23.7 Å². The van der Waals surface area contributed by atoms with Crippen LogP contribution in [-0.4, -0.2) is 50.1 Å². The van der Waals surface area contributed by atoms with Crippen LogP contribution in [0.5, 0.6) is 0 Å². The Labute approximate surface area is 129 Å². The third kappa shape index (κ3) is 2.76. The average molecular weight is 325 g/mol. The zero-order chi connectivity index (χ0) is 15.7. The van der Waals surface area contributed by atoms with E-state index in [1.54, 1.807) is 6.07 Å². The van der Waals surface area contributed by atoms with Crippen molar-refractivity contribution in [2.24, 2.45) is 0 Å². The number of fused-ring (bicyclic) bond motifs is 1. The van der Waals surface area contributed by atoms with Gasteiger partial charge in [0.1, 0.15) is 0 Å².